The molecule has 0 aromatic rings. The van der Waals surface area contributed by atoms with E-state index in [1.807, 2.05) is 0 Å². The van der Waals surface area contributed by atoms with Gasteiger partial charge in [0.05, 0.1) is 0 Å². The predicted molar refractivity (Wildman–Crippen MR) is 65.1 cm³/mol. The van der Waals surface area contributed by atoms with Gasteiger partial charge in [0.25, 0.3) is 0 Å². The highest BCUT2D eigenvalue weighted by atomic mass is 16.5. The molecule has 1 saturated heterocycles. The number of amides is 1. The molecule has 102 valence electrons. The Bertz CT molecular complexity index is 353. The fraction of sp³-hybridized carbons (Fsp3) is 0.846. The molecule has 2 fully saturated rings. The van der Waals surface area contributed by atoms with E-state index in [9.17, 15) is 9.59 Å². The molecule has 1 heterocycles. The van der Waals surface area contributed by atoms with Crippen molar-refractivity contribution in [3.63, 3.8) is 0 Å². The Morgan fingerprint density at radius 2 is 1.89 bits per heavy atom. The van der Waals surface area contributed by atoms with E-state index in [-0.39, 0.29) is 17.4 Å². The van der Waals surface area contributed by atoms with E-state index in [0.29, 0.717) is 12.8 Å². The molecule has 0 spiro atoms. The van der Waals surface area contributed by atoms with Crippen LogP contribution in [0.2, 0.25) is 0 Å². The minimum atomic E-state index is -0.980. The number of nitrogens with one attached hydrogen (secondary N) is 1. The lowest BCUT2D eigenvalue weighted by atomic mass is 9.87. The van der Waals surface area contributed by atoms with Crippen molar-refractivity contribution in [1.82, 2.24) is 5.32 Å². The highest BCUT2D eigenvalue weighted by Gasteiger charge is 2.39. The molecular formula is C13H21NO4. The Balaban J connectivity index is 1.88. The van der Waals surface area contributed by atoms with Crippen LogP contribution >= 0.6 is 0 Å². The Morgan fingerprint density at radius 3 is 2.39 bits per heavy atom. The van der Waals surface area contributed by atoms with Crippen LogP contribution in [-0.2, 0) is 14.3 Å². The largest absolute Gasteiger partial charge is 0.479 e. The van der Waals surface area contributed by atoms with Crippen LogP contribution < -0.4 is 5.32 Å². The topological polar surface area (TPSA) is 75.6 Å². The maximum Gasteiger partial charge on any atom is 0.332 e. The highest BCUT2D eigenvalue weighted by Crippen LogP contribution is 2.37. The van der Waals surface area contributed by atoms with Crippen LogP contribution in [0.4, 0.5) is 0 Å². The van der Waals surface area contributed by atoms with E-state index in [1.54, 1.807) is 0 Å². The van der Waals surface area contributed by atoms with Crippen LogP contribution in [0.1, 0.15) is 46.0 Å². The third kappa shape index (κ3) is 2.66. The zero-order valence-corrected chi connectivity index (χ0v) is 10.9. The summed E-state index contributed by atoms with van der Waals surface area (Å²) >= 11 is 0. The van der Waals surface area contributed by atoms with Gasteiger partial charge in [0.1, 0.15) is 6.10 Å². The molecule has 0 aromatic carbocycles. The SMILES string of the molecule is CC1(C)CCCC1NC(=O)[C@@H]1CC[C@H](C(=O)O)O1. The van der Waals surface area contributed by atoms with E-state index < -0.39 is 18.2 Å². The summed E-state index contributed by atoms with van der Waals surface area (Å²) in [7, 11) is 0. The van der Waals surface area contributed by atoms with Gasteiger partial charge in [0.15, 0.2) is 6.10 Å². The molecule has 0 aromatic heterocycles. The van der Waals surface area contributed by atoms with Gasteiger partial charge in [-0.3, -0.25) is 4.79 Å². The third-order valence-corrected chi connectivity index (χ3v) is 4.16. The van der Waals surface area contributed by atoms with Crippen LogP contribution in [0.3, 0.4) is 0 Å². The van der Waals surface area contributed by atoms with Crippen molar-refractivity contribution in [2.45, 2.75) is 64.2 Å². The van der Waals surface area contributed by atoms with Gasteiger partial charge in [0, 0.05) is 6.04 Å². The minimum absolute atomic E-state index is 0.125. The second-order valence-electron chi connectivity index (χ2n) is 5.97. The Morgan fingerprint density at radius 1 is 1.22 bits per heavy atom. The number of rotatable bonds is 3. The Hall–Kier alpha value is -1.10. The van der Waals surface area contributed by atoms with Gasteiger partial charge in [-0.15, -0.1) is 0 Å². The molecule has 18 heavy (non-hydrogen) atoms. The van der Waals surface area contributed by atoms with Crippen molar-refractivity contribution in [2.75, 3.05) is 0 Å². The molecule has 0 radical (unpaired) electrons. The summed E-state index contributed by atoms with van der Waals surface area (Å²) in [6, 6.07) is 0.178. The number of carboxylic acid groups (broad SMARTS) is 1. The number of carboxylic acids is 1. The molecule has 5 heteroatoms. The van der Waals surface area contributed by atoms with Gasteiger partial charge >= 0.3 is 5.97 Å². The van der Waals surface area contributed by atoms with Crippen molar-refractivity contribution in [1.29, 1.82) is 0 Å². The first-order chi connectivity index (χ1) is 8.40. The van der Waals surface area contributed by atoms with Gasteiger partial charge in [-0.25, -0.2) is 4.79 Å². The lowest BCUT2D eigenvalue weighted by Crippen LogP contribution is -2.46. The van der Waals surface area contributed by atoms with Crippen molar-refractivity contribution in [3.05, 3.63) is 0 Å². The fourth-order valence-electron chi connectivity index (χ4n) is 2.87. The second-order valence-corrected chi connectivity index (χ2v) is 5.97. The highest BCUT2D eigenvalue weighted by molar-refractivity contribution is 5.83. The van der Waals surface area contributed by atoms with E-state index in [0.717, 1.165) is 19.3 Å². The summed E-state index contributed by atoms with van der Waals surface area (Å²) in [4.78, 5) is 22.8. The molecule has 0 bridgehead atoms. The van der Waals surface area contributed by atoms with Crippen LogP contribution in [0.15, 0.2) is 0 Å². The van der Waals surface area contributed by atoms with Crippen molar-refractivity contribution >= 4 is 11.9 Å². The van der Waals surface area contributed by atoms with Gasteiger partial charge in [-0.2, -0.15) is 0 Å². The Labute approximate surface area is 107 Å². The number of hydrogen-bond donors (Lipinski definition) is 2. The number of aliphatic carboxylic acids is 1. The zero-order chi connectivity index (χ0) is 13.3. The summed E-state index contributed by atoms with van der Waals surface area (Å²) in [5.74, 6) is -1.13. The minimum Gasteiger partial charge on any atom is -0.479 e. The quantitative estimate of drug-likeness (QED) is 0.797. The number of ether oxygens (including phenoxy) is 1. The first kappa shape index (κ1) is 13.3. The first-order valence-electron chi connectivity index (χ1n) is 6.59. The molecular weight excluding hydrogens is 234 g/mol. The van der Waals surface area contributed by atoms with Crippen LogP contribution in [0.5, 0.6) is 0 Å². The maximum atomic E-state index is 12.0. The first-order valence-corrected chi connectivity index (χ1v) is 6.59. The summed E-state index contributed by atoms with van der Waals surface area (Å²) in [6.45, 7) is 4.31. The predicted octanol–water partition coefficient (Wildman–Crippen LogP) is 1.31. The number of carbonyl (C=O) groups is 2. The van der Waals surface area contributed by atoms with Crippen LogP contribution in [0, 0.1) is 5.41 Å². The monoisotopic (exact) mass is 255 g/mol. The summed E-state index contributed by atoms with van der Waals surface area (Å²) in [6.07, 6.45) is 2.73. The summed E-state index contributed by atoms with van der Waals surface area (Å²) in [5, 5.41) is 11.8. The second kappa shape index (κ2) is 4.88. The van der Waals surface area contributed by atoms with Gasteiger partial charge in [-0.1, -0.05) is 20.3 Å². The maximum absolute atomic E-state index is 12.0. The van der Waals surface area contributed by atoms with Crippen molar-refractivity contribution in [2.24, 2.45) is 5.41 Å². The molecule has 5 nitrogen and oxygen atoms in total. The molecule has 1 aliphatic carbocycles. The number of hydrogen-bond acceptors (Lipinski definition) is 3. The molecule has 2 aliphatic rings. The average Bonchev–Trinajstić information content (AvgIpc) is 2.86. The van der Waals surface area contributed by atoms with Crippen molar-refractivity contribution in [3.8, 4) is 0 Å². The molecule has 2 rings (SSSR count). The van der Waals surface area contributed by atoms with E-state index in [2.05, 4.69) is 19.2 Å². The average molecular weight is 255 g/mol. The zero-order valence-electron chi connectivity index (χ0n) is 10.9. The third-order valence-electron chi connectivity index (χ3n) is 4.16. The van der Waals surface area contributed by atoms with Crippen LogP contribution in [-0.4, -0.2) is 35.2 Å². The molecule has 1 amide bonds. The summed E-state index contributed by atoms with van der Waals surface area (Å²) < 4.78 is 5.25. The standard InChI is InChI=1S/C13H21NO4/c1-13(2)7-3-4-10(13)14-11(15)8-5-6-9(18-8)12(16)17/h8-10H,3-7H2,1-2H3,(H,14,15)(H,16,17)/t8-,9+,10?/m0/s1. The lowest BCUT2D eigenvalue weighted by Gasteiger charge is -2.28. The Kier molecular flexibility index (Phi) is 3.61. The smallest absolute Gasteiger partial charge is 0.332 e. The van der Waals surface area contributed by atoms with E-state index in [1.165, 1.54) is 0 Å². The van der Waals surface area contributed by atoms with Gasteiger partial charge in [-0.05, 0) is 31.1 Å². The van der Waals surface area contributed by atoms with Gasteiger partial charge < -0.3 is 15.2 Å². The molecule has 1 saturated carbocycles. The van der Waals surface area contributed by atoms with Gasteiger partial charge in [0.2, 0.25) is 5.91 Å². The van der Waals surface area contributed by atoms with E-state index >= 15 is 0 Å². The molecule has 1 unspecified atom stereocenters. The fourth-order valence-corrected chi connectivity index (χ4v) is 2.87. The molecule has 1 aliphatic heterocycles. The normalized spacial score (nSPS) is 34.4. The van der Waals surface area contributed by atoms with Crippen molar-refractivity contribution < 1.29 is 19.4 Å². The molecule has 3 atom stereocenters. The van der Waals surface area contributed by atoms with E-state index in [4.69, 9.17) is 9.84 Å². The van der Waals surface area contributed by atoms with Crippen LogP contribution in [0.25, 0.3) is 0 Å². The lowest BCUT2D eigenvalue weighted by molar-refractivity contribution is -0.152. The number of carbonyl (C=O) groups excluding carboxylic acids is 1. The summed E-state index contributed by atoms with van der Waals surface area (Å²) in [5.41, 5.74) is 0.125. The molecule has 2 N–H and O–H groups in total.